The molecular formula is C36H54N8O16. The molecule has 4 rings (SSSR count). The van der Waals surface area contributed by atoms with Crippen molar-refractivity contribution in [3.63, 3.8) is 0 Å². The summed E-state index contributed by atoms with van der Waals surface area (Å²) in [6, 6.07) is -6.30. The fourth-order valence-corrected chi connectivity index (χ4v) is 7.16. The minimum Gasteiger partial charge on any atom is -0.426 e. The molecule has 24 heteroatoms. The molecule has 1 aromatic rings. The maximum Gasteiger partial charge on any atom is 0.325 e. The van der Waals surface area contributed by atoms with Crippen LogP contribution in [0.25, 0.3) is 0 Å². The number of amides is 6. The zero-order valence-corrected chi connectivity index (χ0v) is 32.9. The van der Waals surface area contributed by atoms with E-state index in [1.807, 2.05) is 5.32 Å². The molecule has 0 bridgehead atoms. The summed E-state index contributed by atoms with van der Waals surface area (Å²) in [6.45, 7) is 2.34. The average Bonchev–Trinajstić information content (AvgIpc) is 3.74. The number of ether oxygens (including phenoxy) is 1. The standard InChI is InChI=1S/C36H54N8O16/c1-13-11-44-26(27(13)50)34(57)42-32(55)21(48)9-19(38)30(53)39-23(14(2)45)35(58)43-12-17(47)8-20(43)31(54)41-25(33(56)40-24(15(3)46)36(44)59)29(52)28(51)16-4-6-18(7-5-16)60-22(49)10-37/h4-7,13-15,17,19-21,23-29,32,45-48,50-52,55H,8-12,37-38H2,1-3H3,(H,39,53)(H,40,56)(H,41,54)(H,42,57)/t13-,14-,15-,17-,19+,20+,21-,23+,24+,25+,26+,27-,28+,29+,32-/m1/s1. The van der Waals surface area contributed by atoms with Gasteiger partial charge >= 0.3 is 5.97 Å². The van der Waals surface area contributed by atoms with Crippen molar-refractivity contribution >= 4 is 41.4 Å². The molecule has 0 aromatic heterocycles. The number of nitrogens with one attached hydrogen (secondary N) is 4. The van der Waals surface area contributed by atoms with Gasteiger partial charge in [-0.1, -0.05) is 19.1 Å². The van der Waals surface area contributed by atoms with Crippen LogP contribution in [0, 0.1) is 5.92 Å². The summed E-state index contributed by atoms with van der Waals surface area (Å²) in [5.74, 6) is -8.84. The van der Waals surface area contributed by atoms with Gasteiger partial charge in [0.2, 0.25) is 35.4 Å². The quantitative estimate of drug-likeness (QED) is 0.0894. The number of benzene rings is 1. The summed E-state index contributed by atoms with van der Waals surface area (Å²) in [4.78, 5) is 95.9. The normalized spacial score (nSPS) is 33.5. The fraction of sp³-hybridized carbons (Fsp3) is 0.639. The topological polar surface area (TPSA) is 397 Å². The number of hydrogen-bond acceptors (Lipinski definition) is 18. The summed E-state index contributed by atoms with van der Waals surface area (Å²) in [5.41, 5.74) is 11.1. The molecule has 3 saturated heterocycles. The lowest BCUT2D eigenvalue weighted by molar-refractivity contribution is -0.148. The molecule has 3 fully saturated rings. The highest BCUT2D eigenvalue weighted by atomic mass is 16.5. The fourth-order valence-electron chi connectivity index (χ4n) is 7.16. The van der Waals surface area contributed by atoms with Crippen molar-refractivity contribution in [1.29, 1.82) is 0 Å². The zero-order valence-electron chi connectivity index (χ0n) is 32.9. The Balaban J connectivity index is 1.79. The van der Waals surface area contributed by atoms with E-state index in [9.17, 15) is 74.4 Å². The van der Waals surface area contributed by atoms with Crippen molar-refractivity contribution in [1.82, 2.24) is 31.1 Å². The Labute approximate surface area is 342 Å². The third kappa shape index (κ3) is 10.9. The van der Waals surface area contributed by atoms with Crippen LogP contribution in [0.3, 0.4) is 0 Å². The van der Waals surface area contributed by atoms with Crippen LogP contribution in [0.5, 0.6) is 5.75 Å². The number of rotatable bonds is 7. The van der Waals surface area contributed by atoms with E-state index in [0.717, 1.165) is 23.6 Å². The van der Waals surface area contributed by atoms with Gasteiger partial charge in [-0.05, 0) is 31.5 Å². The third-order valence-electron chi connectivity index (χ3n) is 10.6. The Morgan fingerprint density at radius 1 is 0.767 bits per heavy atom. The molecule has 0 aliphatic carbocycles. The molecule has 0 radical (unpaired) electrons. The first-order valence-corrected chi connectivity index (χ1v) is 19.1. The van der Waals surface area contributed by atoms with E-state index in [2.05, 4.69) is 16.0 Å². The number of carbonyl (C=O) groups excluding carboxylic acids is 7. The highest BCUT2D eigenvalue weighted by Crippen LogP contribution is 2.27. The summed E-state index contributed by atoms with van der Waals surface area (Å²) in [7, 11) is 0. The summed E-state index contributed by atoms with van der Waals surface area (Å²) >= 11 is 0. The van der Waals surface area contributed by atoms with Crippen LogP contribution < -0.4 is 37.5 Å². The first-order chi connectivity index (χ1) is 28.1. The van der Waals surface area contributed by atoms with E-state index in [0.29, 0.717) is 0 Å². The average molecular weight is 855 g/mol. The van der Waals surface area contributed by atoms with Crippen LogP contribution in [0.2, 0.25) is 0 Å². The molecule has 1 aromatic carbocycles. The molecule has 3 heterocycles. The van der Waals surface area contributed by atoms with Gasteiger partial charge in [0.25, 0.3) is 0 Å². The molecule has 15 atom stereocenters. The van der Waals surface area contributed by atoms with E-state index >= 15 is 0 Å². The van der Waals surface area contributed by atoms with Gasteiger partial charge in [-0.15, -0.1) is 0 Å². The number of nitrogens with zero attached hydrogens (tertiary/aromatic N) is 2. The molecule has 0 spiro atoms. The second-order valence-electron chi connectivity index (χ2n) is 15.3. The van der Waals surface area contributed by atoms with E-state index in [-0.39, 0.29) is 17.9 Å². The number of aliphatic hydroxyl groups excluding tert-OH is 8. The summed E-state index contributed by atoms with van der Waals surface area (Å²) in [5, 5.41) is 95.8. The molecule has 0 unspecified atom stereocenters. The van der Waals surface area contributed by atoms with Gasteiger partial charge in [0.1, 0.15) is 54.3 Å². The Hall–Kier alpha value is -4.89. The lowest BCUT2D eigenvalue weighted by Gasteiger charge is -2.34. The second kappa shape index (κ2) is 20.1. The molecule has 6 amide bonds. The van der Waals surface area contributed by atoms with E-state index < -0.39 is 158 Å². The molecule has 16 N–H and O–H groups in total. The molecule has 60 heavy (non-hydrogen) atoms. The molecule has 24 nitrogen and oxygen atoms in total. The van der Waals surface area contributed by atoms with Crippen molar-refractivity contribution < 1.29 is 79.2 Å². The molecule has 3 aliphatic rings. The number of fused-ring (bicyclic) bond motifs is 2. The maximum absolute atomic E-state index is 14.2. The maximum atomic E-state index is 14.2. The van der Waals surface area contributed by atoms with Crippen LogP contribution in [-0.4, -0.2) is 191 Å². The van der Waals surface area contributed by atoms with Crippen LogP contribution in [0.4, 0.5) is 0 Å². The van der Waals surface area contributed by atoms with Crippen molar-refractivity contribution in [2.45, 2.75) is 119 Å². The Morgan fingerprint density at radius 2 is 1.32 bits per heavy atom. The minimum absolute atomic E-state index is 0.00405. The van der Waals surface area contributed by atoms with E-state index in [1.165, 1.54) is 31.2 Å². The minimum atomic E-state index is -2.29. The molecule has 334 valence electrons. The monoisotopic (exact) mass is 854 g/mol. The van der Waals surface area contributed by atoms with E-state index in [4.69, 9.17) is 16.2 Å². The van der Waals surface area contributed by atoms with Crippen LogP contribution in [0.1, 0.15) is 45.3 Å². The van der Waals surface area contributed by atoms with Crippen LogP contribution >= 0.6 is 0 Å². The van der Waals surface area contributed by atoms with Crippen molar-refractivity contribution in [3.05, 3.63) is 29.8 Å². The van der Waals surface area contributed by atoms with Gasteiger partial charge in [0.05, 0.1) is 37.0 Å². The summed E-state index contributed by atoms with van der Waals surface area (Å²) in [6.07, 6.45) is -16.0. The molecule has 0 saturated carbocycles. The first kappa shape index (κ1) is 47.8. The van der Waals surface area contributed by atoms with Gasteiger partial charge < -0.3 is 88.1 Å². The highest BCUT2D eigenvalue weighted by molar-refractivity contribution is 5.98. The van der Waals surface area contributed by atoms with Crippen molar-refractivity contribution in [3.8, 4) is 5.75 Å². The van der Waals surface area contributed by atoms with Gasteiger partial charge in [-0.2, -0.15) is 0 Å². The smallest absolute Gasteiger partial charge is 0.325 e. The largest absolute Gasteiger partial charge is 0.426 e. The third-order valence-corrected chi connectivity index (χ3v) is 10.6. The predicted molar refractivity (Wildman–Crippen MR) is 201 cm³/mol. The number of nitrogens with two attached hydrogens (primary N) is 2. The Kier molecular flexibility index (Phi) is 16.0. The number of hydrogen-bond donors (Lipinski definition) is 14. The Bertz CT molecular complexity index is 1750. The molecular weight excluding hydrogens is 800 g/mol. The predicted octanol–water partition coefficient (Wildman–Crippen LogP) is -8.14. The summed E-state index contributed by atoms with van der Waals surface area (Å²) < 4.78 is 5.00. The van der Waals surface area contributed by atoms with Crippen LogP contribution in [-0.2, 0) is 33.6 Å². The lowest BCUT2D eigenvalue weighted by atomic mass is 9.96. The van der Waals surface area contributed by atoms with E-state index in [1.54, 1.807) is 0 Å². The SMILES string of the molecule is C[C@@H]1CN2C(=O)[C@H]([C@@H](C)O)NC(=O)[C@H]([C@H](O)[C@@H](O)c3ccc(OC(=O)CN)cc3)NC(=O)[C@@H]3C[C@@H](O)CN3C(=O)[C@H]([C@@H](C)O)NC(=O)[C@@H](N)C[C@@H](O)[C@@H](O)NC(=O)[C@@H]2[C@@H]1O. The van der Waals surface area contributed by atoms with Gasteiger partial charge in [-0.25, -0.2) is 0 Å². The number of carbonyl (C=O) groups is 7. The van der Waals surface area contributed by atoms with Gasteiger partial charge in [0.15, 0.2) is 6.23 Å². The number of esters is 1. The first-order valence-electron chi connectivity index (χ1n) is 19.1. The second-order valence-corrected chi connectivity index (χ2v) is 15.3. The highest BCUT2D eigenvalue weighted by Gasteiger charge is 2.50. The van der Waals surface area contributed by atoms with Gasteiger partial charge in [0, 0.05) is 31.8 Å². The van der Waals surface area contributed by atoms with Crippen molar-refractivity contribution in [2.75, 3.05) is 19.6 Å². The molecule has 3 aliphatic heterocycles. The lowest BCUT2D eigenvalue weighted by Crippen LogP contribution is -2.64. The Morgan fingerprint density at radius 3 is 1.88 bits per heavy atom. The van der Waals surface area contributed by atoms with Gasteiger partial charge in [-0.3, -0.25) is 33.6 Å². The zero-order chi connectivity index (χ0) is 44.9. The van der Waals surface area contributed by atoms with Crippen molar-refractivity contribution in [2.24, 2.45) is 17.4 Å². The number of aliphatic hydroxyl groups is 8. The van der Waals surface area contributed by atoms with Crippen LogP contribution in [0.15, 0.2) is 24.3 Å².